The smallest absolute Gasteiger partial charge is 0.263 e. The van der Waals surface area contributed by atoms with Crippen molar-refractivity contribution < 1.29 is 12.9 Å². The number of aromatic nitrogens is 2. The van der Waals surface area contributed by atoms with Crippen LogP contribution in [0.15, 0.2) is 39.8 Å². The first-order chi connectivity index (χ1) is 11.9. The Morgan fingerprint density at radius 3 is 2.68 bits per heavy atom. The highest BCUT2D eigenvalue weighted by Gasteiger charge is 2.30. The largest absolute Gasteiger partial charge is 0.339 e. The van der Waals surface area contributed by atoms with E-state index in [4.69, 9.17) is 16.1 Å². The Bertz CT molecular complexity index is 1020. The summed E-state index contributed by atoms with van der Waals surface area (Å²) < 4.78 is 33.2. The Balaban J connectivity index is 1.62. The van der Waals surface area contributed by atoms with E-state index >= 15 is 0 Å². The monoisotopic (exact) mass is 395 g/mol. The number of halogens is 1. The Hall–Kier alpha value is -1.90. The standard InChI is InChI=1S/C16H14ClN3O3S2/c1-9-14(25(21,22)20-12-6-4-11(17)5-7-12)8-13(24-9)15-18-16(23-19-15)10-2-3-10/h4-8,10,20H,2-3H2,1H3. The van der Waals surface area contributed by atoms with Crippen molar-refractivity contribution in [2.45, 2.75) is 30.6 Å². The van der Waals surface area contributed by atoms with Crippen LogP contribution >= 0.6 is 22.9 Å². The van der Waals surface area contributed by atoms with Gasteiger partial charge in [-0.05, 0) is 50.1 Å². The summed E-state index contributed by atoms with van der Waals surface area (Å²) in [5.74, 6) is 1.42. The van der Waals surface area contributed by atoms with E-state index < -0.39 is 10.0 Å². The van der Waals surface area contributed by atoms with Gasteiger partial charge in [-0.15, -0.1) is 11.3 Å². The van der Waals surface area contributed by atoms with Crippen LogP contribution in [0.2, 0.25) is 5.02 Å². The summed E-state index contributed by atoms with van der Waals surface area (Å²) in [5, 5.41) is 4.51. The molecule has 2 aromatic heterocycles. The van der Waals surface area contributed by atoms with Crippen LogP contribution in [-0.4, -0.2) is 18.6 Å². The van der Waals surface area contributed by atoms with Crippen molar-refractivity contribution in [3.8, 4) is 10.7 Å². The second-order valence-corrected chi connectivity index (χ2v) is 9.22. The van der Waals surface area contributed by atoms with Crippen molar-refractivity contribution in [1.82, 2.24) is 10.1 Å². The first kappa shape index (κ1) is 16.6. The van der Waals surface area contributed by atoms with E-state index in [0.717, 1.165) is 12.8 Å². The van der Waals surface area contributed by atoms with Crippen LogP contribution in [0.5, 0.6) is 0 Å². The van der Waals surface area contributed by atoms with Crippen LogP contribution in [0.25, 0.3) is 10.7 Å². The molecule has 1 fully saturated rings. The molecule has 0 amide bonds. The van der Waals surface area contributed by atoms with Gasteiger partial charge in [0, 0.05) is 21.5 Å². The van der Waals surface area contributed by atoms with Gasteiger partial charge in [0.25, 0.3) is 10.0 Å². The molecule has 9 heteroatoms. The van der Waals surface area contributed by atoms with Gasteiger partial charge in [0.2, 0.25) is 11.7 Å². The van der Waals surface area contributed by atoms with Crippen molar-refractivity contribution in [3.05, 3.63) is 46.1 Å². The Kier molecular flexibility index (Phi) is 4.05. The maximum Gasteiger partial charge on any atom is 0.263 e. The molecule has 0 unspecified atom stereocenters. The highest BCUT2D eigenvalue weighted by atomic mass is 35.5. The number of nitrogens with one attached hydrogen (secondary N) is 1. The van der Waals surface area contributed by atoms with Gasteiger partial charge in [-0.1, -0.05) is 16.8 Å². The van der Waals surface area contributed by atoms with Gasteiger partial charge in [-0.2, -0.15) is 4.98 Å². The lowest BCUT2D eigenvalue weighted by Gasteiger charge is -2.07. The van der Waals surface area contributed by atoms with Gasteiger partial charge in [-0.3, -0.25) is 4.72 Å². The van der Waals surface area contributed by atoms with Crippen LogP contribution in [0.1, 0.15) is 29.5 Å². The molecule has 0 atom stereocenters. The number of anilines is 1. The van der Waals surface area contributed by atoms with Crippen LogP contribution in [-0.2, 0) is 10.0 Å². The third kappa shape index (κ3) is 3.42. The average molecular weight is 396 g/mol. The van der Waals surface area contributed by atoms with E-state index in [-0.39, 0.29) is 4.90 Å². The Morgan fingerprint density at radius 1 is 1.28 bits per heavy atom. The number of sulfonamides is 1. The second-order valence-electron chi connectivity index (χ2n) is 5.87. The molecule has 3 aromatic rings. The van der Waals surface area contributed by atoms with Crippen molar-refractivity contribution in [3.63, 3.8) is 0 Å². The van der Waals surface area contributed by atoms with Gasteiger partial charge in [0.1, 0.15) is 4.90 Å². The zero-order valence-electron chi connectivity index (χ0n) is 13.2. The molecule has 1 aromatic carbocycles. The van der Waals surface area contributed by atoms with E-state index in [2.05, 4.69) is 14.9 Å². The van der Waals surface area contributed by atoms with Crippen LogP contribution in [0.4, 0.5) is 5.69 Å². The predicted molar refractivity (Wildman–Crippen MR) is 96.6 cm³/mol. The number of benzene rings is 1. The maximum absolute atomic E-state index is 12.7. The van der Waals surface area contributed by atoms with E-state index in [0.29, 0.717) is 38.1 Å². The molecule has 1 aliphatic rings. The summed E-state index contributed by atoms with van der Waals surface area (Å²) in [4.78, 5) is 5.92. The van der Waals surface area contributed by atoms with Crippen molar-refractivity contribution in [2.24, 2.45) is 0 Å². The number of hydrogen-bond donors (Lipinski definition) is 1. The molecule has 1 aliphatic carbocycles. The second kappa shape index (κ2) is 6.12. The van der Waals surface area contributed by atoms with Crippen molar-refractivity contribution in [2.75, 3.05) is 4.72 Å². The first-order valence-electron chi connectivity index (χ1n) is 7.65. The number of thiophene rings is 1. The Morgan fingerprint density at radius 2 is 2.00 bits per heavy atom. The topological polar surface area (TPSA) is 85.1 Å². The summed E-state index contributed by atoms with van der Waals surface area (Å²) in [5.41, 5.74) is 0.451. The lowest BCUT2D eigenvalue weighted by atomic mass is 10.3. The van der Waals surface area contributed by atoms with E-state index in [9.17, 15) is 8.42 Å². The SMILES string of the molecule is Cc1sc(-c2noc(C3CC3)n2)cc1S(=O)(=O)Nc1ccc(Cl)cc1. The van der Waals surface area contributed by atoms with Crippen LogP contribution in [0.3, 0.4) is 0 Å². The molecule has 0 spiro atoms. The van der Waals surface area contributed by atoms with Gasteiger partial charge in [-0.25, -0.2) is 8.42 Å². The van der Waals surface area contributed by atoms with Gasteiger partial charge < -0.3 is 4.52 Å². The molecule has 0 saturated heterocycles. The first-order valence-corrected chi connectivity index (χ1v) is 10.3. The molecule has 25 heavy (non-hydrogen) atoms. The predicted octanol–water partition coefficient (Wildman–Crippen LogP) is 4.44. The lowest BCUT2D eigenvalue weighted by molar-refractivity contribution is 0.380. The van der Waals surface area contributed by atoms with E-state index in [1.165, 1.54) is 11.3 Å². The minimum absolute atomic E-state index is 0.209. The molecule has 1 N–H and O–H groups in total. The number of aryl methyl sites for hydroxylation is 1. The fourth-order valence-corrected chi connectivity index (χ4v) is 5.10. The summed E-state index contributed by atoms with van der Waals surface area (Å²) in [7, 11) is -3.71. The maximum atomic E-state index is 12.7. The quantitative estimate of drug-likeness (QED) is 0.690. The third-order valence-electron chi connectivity index (χ3n) is 3.85. The minimum atomic E-state index is -3.71. The fourth-order valence-electron chi connectivity index (χ4n) is 2.40. The lowest BCUT2D eigenvalue weighted by Crippen LogP contribution is -2.12. The fraction of sp³-hybridized carbons (Fsp3) is 0.250. The summed E-state index contributed by atoms with van der Waals surface area (Å²) >= 11 is 7.15. The average Bonchev–Trinajstić information content (AvgIpc) is 3.15. The van der Waals surface area contributed by atoms with Gasteiger partial charge in [0.15, 0.2) is 0 Å². The number of rotatable bonds is 5. The van der Waals surface area contributed by atoms with E-state index in [1.807, 2.05) is 0 Å². The normalized spacial score (nSPS) is 14.6. The molecule has 0 aliphatic heterocycles. The third-order valence-corrected chi connectivity index (χ3v) is 6.78. The summed E-state index contributed by atoms with van der Waals surface area (Å²) in [6.45, 7) is 1.76. The number of nitrogens with zero attached hydrogens (tertiary/aromatic N) is 2. The molecule has 0 bridgehead atoms. The van der Waals surface area contributed by atoms with Crippen molar-refractivity contribution in [1.29, 1.82) is 0 Å². The highest BCUT2D eigenvalue weighted by molar-refractivity contribution is 7.93. The Labute approximate surface area is 153 Å². The van der Waals surface area contributed by atoms with Crippen LogP contribution < -0.4 is 4.72 Å². The summed E-state index contributed by atoms with van der Waals surface area (Å²) in [6.07, 6.45) is 2.13. The minimum Gasteiger partial charge on any atom is -0.339 e. The molecular formula is C16H14ClN3O3S2. The molecule has 4 rings (SSSR count). The zero-order chi connectivity index (χ0) is 17.6. The highest BCUT2D eigenvalue weighted by Crippen LogP contribution is 2.40. The molecule has 0 radical (unpaired) electrons. The van der Waals surface area contributed by atoms with Gasteiger partial charge in [0.05, 0.1) is 4.88 Å². The zero-order valence-corrected chi connectivity index (χ0v) is 15.6. The van der Waals surface area contributed by atoms with Gasteiger partial charge >= 0.3 is 0 Å². The number of hydrogen-bond acceptors (Lipinski definition) is 6. The van der Waals surface area contributed by atoms with Crippen LogP contribution in [0, 0.1) is 6.92 Å². The molecule has 130 valence electrons. The van der Waals surface area contributed by atoms with E-state index in [1.54, 1.807) is 37.3 Å². The molecule has 6 nitrogen and oxygen atoms in total. The molecule has 2 heterocycles. The molecular weight excluding hydrogens is 382 g/mol. The molecule has 1 saturated carbocycles. The summed E-state index contributed by atoms with van der Waals surface area (Å²) in [6, 6.07) is 8.07. The van der Waals surface area contributed by atoms with Crippen molar-refractivity contribution >= 4 is 38.6 Å².